The Morgan fingerprint density at radius 3 is 2.90 bits per heavy atom. The smallest absolute Gasteiger partial charge is 0.0829 e. The maximum absolute atomic E-state index is 7.54. The molecule has 0 saturated carbocycles. The molecule has 3 heterocycles. The molecule has 1 unspecified atom stereocenters. The van der Waals surface area contributed by atoms with E-state index in [1.54, 1.807) is 0 Å². The number of H-pyrrole nitrogens is 1. The Morgan fingerprint density at radius 1 is 1.13 bits per heavy atom. The summed E-state index contributed by atoms with van der Waals surface area (Å²) in [7, 11) is 0. The van der Waals surface area contributed by atoms with Crippen LogP contribution in [0, 0.1) is 5.53 Å². The number of hydrogen-bond acceptors (Lipinski definition) is 5. The summed E-state index contributed by atoms with van der Waals surface area (Å²) in [5.74, 6) is 0. The van der Waals surface area contributed by atoms with E-state index >= 15 is 0 Å². The lowest BCUT2D eigenvalue weighted by atomic mass is 9.91. The van der Waals surface area contributed by atoms with Crippen LogP contribution in [0.2, 0.25) is 0 Å². The van der Waals surface area contributed by atoms with Gasteiger partial charge in [0.05, 0.1) is 17.4 Å². The molecule has 1 aromatic heterocycles. The molecular weight excluding hydrogens is 384 g/mol. The van der Waals surface area contributed by atoms with Crippen LogP contribution < -0.4 is 16.0 Å². The molecule has 0 aliphatic carbocycles. The molecule has 6 nitrogen and oxygen atoms in total. The third kappa shape index (κ3) is 3.86. The van der Waals surface area contributed by atoms with Crippen LogP contribution in [0.3, 0.4) is 0 Å². The average Bonchev–Trinajstić information content (AvgIpc) is 3.21. The lowest BCUT2D eigenvalue weighted by Gasteiger charge is -2.23. The van der Waals surface area contributed by atoms with Crippen molar-refractivity contribution in [3.63, 3.8) is 0 Å². The van der Waals surface area contributed by atoms with Gasteiger partial charge in [-0.05, 0) is 73.3 Å². The predicted octanol–water partition coefficient (Wildman–Crippen LogP) is 5.41. The van der Waals surface area contributed by atoms with Crippen molar-refractivity contribution >= 4 is 27.9 Å². The van der Waals surface area contributed by atoms with E-state index in [4.69, 9.17) is 5.53 Å². The van der Waals surface area contributed by atoms with Gasteiger partial charge in [-0.3, -0.25) is 0 Å². The minimum atomic E-state index is 0.164. The van der Waals surface area contributed by atoms with Crippen LogP contribution in [0.5, 0.6) is 0 Å². The molecular formula is C25H28N6. The highest BCUT2D eigenvalue weighted by Gasteiger charge is 2.24. The summed E-state index contributed by atoms with van der Waals surface area (Å²) in [6.07, 6.45) is 6.26. The van der Waals surface area contributed by atoms with Gasteiger partial charge in [0.25, 0.3) is 0 Å². The van der Waals surface area contributed by atoms with Gasteiger partial charge in [-0.25, -0.2) is 5.53 Å². The first kappa shape index (κ1) is 19.6. The summed E-state index contributed by atoms with van der Waals surface area (Å²) in [6, 6.07) is 15.5. The SMILES string of the molecule is C/C(N=N)=C1/NCCC(Nc2ccc3[nH]ccc3c2)c2cc(C3=CCNCC3)ccc21. The molecule has 0 radical (unpaired) electrons. The van der Waals surface area contributed by atoms with Crippen LogP contribution in [-0.2, 0) is 0 Å². The van der Waals surface area contributed by atoms with Gasteiger partial charge in [-0.15, -0.1) is 0 Å². The Balaban J connectivity index is 1.58. The maximum Gasteiger partial charge on any atom is 0.0829 e. The Morgan fingerprint density at radius 2 is 2.06 bits per heavy atom. The van der Waals surface area contributed by atoms with Gasteiger partial charge in [-0.2, -0.15) is 5.11 Å². The summed E-state index contributed by atoms with van der Waals surface area (Å²) >= 11 is 0. The molecule has 0 amide bonds. The van der Waals surface area contributed by atoms with Crippen LogP contribution >= 0.6 is 0 Å². The van der Waals surface area contributed by atoms with Gasteiger partial charge < -0.3 is 20.9 Å². The Bertz CT molecular complexity index is 1190. The Kier molecular flexibility index (Phi) is 5.30. The van der Waals surface area contributed by atoms with E-state index < -0.39 is 0 Å². The van der Waals surface area contributed by atoms with E-state index in [1.807, 2.05) is 13.1 Å². The summed E-state index contributed by atoms with van der Waals surface area (Å²) in [6.45, 7) is 4.66. The molecule has 2 aromatic carbocycles. The van der Waals surface area contributed by atoms with E-state index in [9.17, 15) is 0 Å². The first-order chi connectivity index (χ1) is 15.2. The van der Waals surface area contributed by atoms with Gasteiger partial charge in [0.2, 0.25) is 0 Å². The maximum atomic E-state index is 7.54. The van der Waals surface area contributed by atoms with Crippen molar-refractivity contribution in [1.29, 1.82) is 5.53 Å². The van der Waals surface area contributed by atoms with Gasteiger partial charge in [0, 0.05) is 41.4 Å². The number of rotatable bonds is 4. The highest BCUT2D eigenvalue weighted by Crippen LogP contribution is 2.36. The van der Waals surface area contributed by atoms with E-state index in [0.717, 1.165) is 54.9 Å². The lowest BCUT2D eigenvalue weighted by Crippen LogP contribution is -2.20. The van der Waals surface area contributed by atoms with Gasteiger partial charge >= 0.3 is 0 Å². The molecule has 1 atom stereocenters. The number of hydrogen-bond donors (Lipinski definition) is 5. The van der Waals surface area contributed by atoms with Crippen molar-refractivity contribution in [3.8, 4) is 0 Å². The second-order valence-corrected chi connectivity index (χ2v) is 8.25. The van der Waals surface area contributed by atoms with Crippen LogP contribution in [-0.4, -0.2) is 24.6 Å². The first-order valence-corrected chi connectivity index (χ1v) is 10.9. The van der Waals surface area contributed by atoms with Gasteiger partial charge in [0.15, 0.2) is 0 Å². The first-order valence-electron chi connectivity index (χ1n) is 10.9. The van der Waals surface area contributed by atoms with Gasteiger partial charge in [-0.1, -0.05) is 18.2 Å². The van der Waals surface area contributed by atoms with E-state index in [-0.39, 0.29) is 6.04 Å². The number of anilines is 1. The zero-order chi connectivity index (χ0) is 21.2. The number of allylic oxidation sites excluding steroid dienone is 1. The molecule has 6 heteroatoms. The fraction of sp³-hybridized carbons (Fsp3) is 0.280. The second kappa shape index (κ2) is 8.40. The molecule has 5 rings (SSSR count). The molecule has 0 fully saturated rings. The highest BCUT2D eigenvalue weighted by atomic mass is 15.0. The van der Waals surface area contributed by atoms with Crippen molar-refractivity contribution < 1.29 is 0 Å². The largest absolute Gasteiger partial charge is 0.383 e. The standard InChI is InChI=1S/C25H28N6/c1-16(31-26)25-21-4-2-18(17-6-10-27-11-7-17)15-22(21)24(9-13-29-25)30-20-3-5-23-19(14-20)8-12-28-23/h2-6,8,12,14-15,24,26-30H,7,9-11,13H2,1H3/b25-16-,31-26?. The third-order valence-electron chi connectivity index (χ3n) is 6.29. The van der Waals surface area contributed by atoms with E-state index in [2.05, 4.69) is 74.6 Å². The second-order valence-electron chi connectivity index (χ2n) is 8.25. The molecule has 158 valence electrons. The normalized spacial score (nSPS) is 20.3. The molecule has 3 aromatic rings. The highest BCUT2D eigenvalue weighted by molar-refractivity contribution is 5.83. The van der Waals surface area contributed by atoms with Crippen LogP contribution in [0.1, 0.15) is 42.5 Å². The van der Waals surface area contributed by atoms with Crippen LogP contribution in [0.15, 0.2) is 65.5 Å². The number of benzene rings is 2. The number of fused-ring (bicyclic) bond motifs is 2. The topological polar surface area (TPSA) is 88.1 Å². The molecule has 2 aliphatic rings. The summed E-state index contributed by atoms with van der Waals surface area (Å²) in [5.41, 5.74) is 16.6. The molecule has 31 heavy (non-hydrogen) atoms. The van der Waals surface area contributed by atoms with Gasteiger partial charge in [0.1, 0.15) is 0 Å². The van der Waals surface area contributed by atoms with E-state index in [1.165, 1.54) is 22.1 Å². The zero-order valence-corrected chi connectivity index (χ0v) is 17.8. The van der Waals surface area contributed by atoms with Crippen molar-refractivity contribution in [1.82, 2.24) is 15.6 Å². The zero-order valence-electron chi connectivity index (χ0n) is 17.8. The van der Waals surface area contributed by atoms with Crippen molar-refractivity contribution in [2.75, 3.05) is 25.0 Å². The quantitative estimate of drug-likeness (QED) is 0.371. The summed E-state index contributed by atoms with van der Waals surface area (Å²) in [5, 5.41) is 15.6. The monoisotopic (exact) mass is 412 g/mol. The molecule has 2 aliphatic heterocycles. The molecule has 0 spiro atoms. The number of nitrogens with one attached hydrogen (secondary N) is 5. The van der Waals surface area contributed by atoms with Crippen LogP contribution in [0.25, 0.3) is 22.2 Å². The average molecular weight is 413 g/mol. The molecule has 0 bridgehead atoms. The summed E-state index contributed by atoms with van der Waals surface area (Å²) in [4.78, 5) is 3.26. The molecule has 5 N–H and O–H groups in total. The van der Waals surface area contributed by atoms with E-state index in [0.29, 0.717) is 5.70 Å². The predicted molar refractivity (Wildman–Crippen MR) is 127 cm³/mol. The number of aromatic nitrogens is 1. The fourth-order valence-electron chi connectivity index (χ4n) is 4.63. The Hall–Kier alpha value is -3.38. The Labute approximate surface area is 182 Å². The summed E-state index contributed by atoms with van der Waals surface area (Å²) < 4.78 is 0. The number of nitrogens with zero attached hydrogens (tertiary/aromatic N) is 1. The van der Waals surface area contributed by atoms with Crippen molar-refractivity contribution in [2.24, 2.45) is 5.11 Å². The van der Waals surface area contributed by atoms with Crippen molar-refractivity contribution in [3.05, 3.63) is 77.1 Å². The third-order valence-corrected chi connectivity index (χ3v) is 6.29. The lowest BCUT2D eigenvalue weighted by molar-refractivity contribution is 0.682. The minimum absolute atomic E-state index is 0.164. The number of aromatic amines is 1. The fourth-order valence-corrected chi connectivity index (χ4v) is 4.63. The van der Waals surface area contributed by atoms with Crippen LogP contribution in [0.4, 0.5) is 5.69 Å². The van der Waals surface area contributed by atoms with Crippen molar-refractivity contribution in [2.45, 2.75) is 25.8 Å². The minimum Gasteiger partial charge on any atom is -0.383 e. The molecule has 0 saturated heterocycles.